The predicted molar refractivity (Wildman–Crippen MR) is 163 cm³/mol. The second-order valence-electron chi connectivity index (χ2n) is 11.4. The Kier molecular flexibility index (Phi) is 7.07. The third kappa shape index (κ3) is 4.90. The van der Waals surface area contributed by atoms with Crippen molar-refractivity contribution in [3.8, 4) is 11.3 Å². The highest BCUT2D eigenvalue weighted by molar-refractivity contribution is 5.86. The number of fused-ring (bicyclic) bond motifs is 2. The molecule has 1 amide bonds. The molecule has 3 heterocycles. The number of rotatable bonds is 5. The molecule has 2 aliphatic carbocycles. The molecular weight excluding hydrogens is 527 g/mol. The lowest BCUT2D eigenvalue weighted by molar-refractivity contribution is -0.133. The molecule has 214 valence electrons. The number of hydrogen-bond acceptors (Lipinski definition) is 5. The zero-order valence-electron chi connectivity index (χ0n) is 23.8. The van der Waals surface area contributed by atoms with E-state index in [0.29, 0.717) is 30.2 Å². The number of imidazole rings is 1. The van der Waals surface area contributed by atoms with Crippen LogP contribution in [0, 0.1) is 5.82 Å². The van der Waals surface area contributed by atoms with E-state index in [1.54, 1.807) is 30.1 Å². The summed E-state index contributed by atoms with van der Waals surface area (Å²) in [6.07, 6.45) is 14.2. The molecule has 1 fully saturated rings. The van der Waals surface area contributed by atoms with Crippen LogP contribution in [0.1, 0.15) is 43.4 Å². The number of hydrogen-bond donors (Lipinski definition) is 1. The van der Waals surface area contributed by atoms with Gasteiger partial charge in [-0.25, -0.2) is 9.37 Å². The Balaban J connectivity index is 1.09. The molecule has 3 aliphatic rings. The van der Waals surface area contributed by atoms with Crippen LogP contribution in [0.2, 0.25) is 0 Å². The van der Waals surface area contributed by atoms with Gasteiger partial charge in [-0.3, -0.25) is 19.1 Å². The van der Waals surface area contributed by atoms with Crippen molar-refractivity contribution in [3.05, 3.63) is 107 Å². The number of nitrogens with one attached hydrogen (secondary N) is 1. The van der Waals surface area contributed by atoms with Crippen LogP contribution in [0.15, 0.2) is 90.4 Å². The summed E-state index contributed by atoms with van der Waals surface area (Å²) in [6.45, 7) is 4.94. The normalized spacial score (nSPS) is 19.8. The molecule has 42 heavy (non-hydrogen) atoms. The van der Waals surface area contributed by atoms with Crippen LogP contribution in [-0.4, -0.2) is 62.3 Å². The number of carbonyl (C=O) groups excluding carboxylic acids is 1. The predicted octanol–water partition coefficient (Wildman–Crippen LogP) is 5.81. The standard InChI is InChI=1S/C34H35FN6O/c1-23(37-33-31(26-12-14-27(35)15-13-26)38-30-22-36-16-17-41(30)33)34(42)40-20-18-39(19-21-40)32-28-8-4-2-6-24(28)10-11-25-7-3-5-9-29(25)32/h2-4,6-8,12-17,22-23,32,37H,5,9-11,18-21H2,1H3. The lowest BCUT2D eigenvalue weighted by atomic mass is 9.87. The van der Waals surface area contributed by atoms with Gasteiger partial charge in [0.25, 0.3) is 0 Å². The largest absolute Gasteiger partial charge is 0.358 e. The minimum atomic E-state index is -0.472. The van der Waals surface area contributed by atoms with Gasteiger partial charge in [0.15, 0.2) is 5.65 Å². The Morgan fingerprint density at radius 1 is 1.02 bits per heavy atom. The molecule has 2 aromatic heterocycles. The lowest BCUT2D eigenvalue weighted by Gasteiger charge is -2.42. The maximum Gasteiger partial charge on any atom is 0.244 e. The van der Waals surface area contributed by atoms with Crippen LogP contribution in [0.3, 0.4) is 0 Å². The van der Waals surface area contributed by atoms with Crippen LogP contribution in [-0.2, 0) is 11.2 Å². The van der Waals surface area contributed by atoms with Crippen LogP contribution < -0.4 is 5.32 Å². The summed E-state index contributed by atoms with van der Waals surface area (Å²) >= 11 is 0. The minimum absolute atomic E-state index is 0.0606. The molecule has 7 nitrogen and oxygen atoms in total. The molecule has 0 radical (unpaired) electrons. The summed E-state index contributed by atoms with van der Waals surface area (Å²) in [6, 6.07) is 15.0. The van der Waals surface area contributed by atoms with Crippen molar-refractivity contribution in [2.75, 3.05) is 31.5 Å². The smallest absolute Gasteiger partial charge is 0.244 e. The van der Waals surface area contributed by atoms with E-state index in [-0.39, 0.29) is 17.8 Å². The fraction of sp³-hybridized carbons (Fsp3) is 0.324. The van der Waals surface area contributed by atoms with E-state index >= 15 is 0 Å². The molecule has 2 atom stereocenters. The van der Waals surface area contributed by atoms with E-state index in [1.807, 2.05) is 22.4 Å². The quantitative estimate of drug-likeness (QED) is 0.332. The monoisotopic (exact) mass is 562 g/mol. The fourth-order valence-electron chi connectivity index (χ4n) is 6.79. The van der Waals surface area contributed by atoms with Gasteiger partial charge in [0.1, 0.15) is 23.4 Å². The molecule has 1 N–H and O–H groups in total. The van der Waals surface area contributed by atoms with E-state index < -0.39 is 6.04 Å². The molecule has 1 aliphatic heterocycles. The third-order valence-electron chi connectivity index (χ3n) is 8.92. The fourth-order valence-corrected chi connectivity index (χ4v) is 6.79. The van der Waals surface area contributed by atoms with Gasteiger partial charge in [-0.2, -0.15) is 0 Å². The van der Waals surface area contributed by atoms with Crippen LogP contribution in [0.4, 0.5) is 10.2 Å². The molecule has 2 unspecified atom stereocenters. The molecule has 4 aromatic rings. The number of anilines is 1. The summed E-state index contributed by atoms with van der Waals surface area (Å²) in [4.78, 5) is 27.3. The minimum Gasteiger partial charge on any atom is -0.358 e. The van der Waals surface area contributed by atoms with Crippen molar-refractivity contribution < 1.29 is 9.18 Å². The molecular formula is C34H35FN6O. The second-order valence-corrected chi connectivity index (χ2v) is 11.4. The van der Waals surface area contributed by atoms with Gasteiger partial charge in [0, 0.05) is 44.1 Å². The first-order chi connectivity index (χ1) is 20.6. The topological polar surface area (TPSA) is 65.8 Å². The van der Waals surface area contributed by atoms with Crippen molar-refractivity contribution >= 4 is 17.4 Å². The van der Waals surface area contributed by atoms with E-state index in [1.165, 1.54) is 28.8 Å². The van der Waals surface area contributed by atoms with E-state index in [0.717, 1.165) is 44.3 Å². The number of aromatic nitrogens is 3. The Morgan fingerprint density at radius 2 is 1.83 bits per heavy atom. The van der Waals surface area contributed by atoms with Gasteiger partial charge in [-0.05, 0) is 79.1 Å². The van der Waals surface area contributed by atoms with E-state index in [9.17, 15) is 9.18 Å². The molecule has 2 aromatic carbocycles. The molecule has 7 rings (SSSR count). The number of allylic oxidation sites excluding steroid dienone is 3. The van der Waals surface area contributed by atoms with Gasteiger partial charge in [-0.1, -0.05) is 36.4 Å². The van der Waals surface area contributed by atoms with Crippen LogP contribution >= 0.6 is 0 Å². The summed E-state index contributed by atoms with van der Waals surface area (Å²) in [7, 11) is 0. The lowest BCUT2D eigenvalue weighted by Crippen LogP contribution is -2.53. The first-order valence-electron chi connectivity index (χ1n) is 14.9. The van der Waals surface area contributed by atoms with Crippen LogP contribution in [0.5, 0.6) is 0 Å². The number of piperazine rings is 1. The van der Waals surface area contributed by atoms with Gasteiger partial charge >= 0.3 is 0 Å². The number of nitrogens with zero attached hydrogens (tertiary/aromatic N) is 5. The Morgan fingerprint density at radius 3 is 2.67 bits per heavy atom. The first kappa shape index (κ1) is 26.6. The second kappa shape index (κ2) is 11.2. The Bertz CT molecular complexity index is 1680. The van der Waals surface area contributed by atoms with Crippen molar-refractivity contribution in [2.24, 2.45) is 0 Å². The van der Waals surface area contributed by atoms with Gasteiger partial charge < -0.3 is 10.2 Å². The van der Waals surface area contributed by atoms with Crippen molar-refractivity contribution in [3.63, 3.8) is 0 Å². The molecule has 0 spiro atoms. The molecule has 0 saturated carbocycles. The highest BCUT2D eigenvalue weighted by Gasteiger charge is 2.34. The third-order valence-corrected chi connectivity index (χ3v) is 8.92. The number of halogens is 1. The first-order valence-corrected chi connectivity index (χ1v) is 14.9. The highest BCUT2D eigenvalue weighted by atomic mass is 19.1. The average molecular weight is 563 g/mol. The number of amides is 1. The zero-order valence-corrected chi connectivity index (χ0v) is 23.8. The van der Waals surface area contributed by atoms with Crippen molar-refractivity contribution in [1.29, 1.82) is 0 Å². The maximum atomic E-state index is 13.8. The molecule has 8 heteroatoms. The average Bonchev–Trinajstić information content (AvgIpc) is 3.30. The van der Waals surface area contributed by atoms with Gasteiger partial charge in [0.2, 0.25) is 5.91 Å². The van der Waals surface area contributed by atoms with E-state index in [2.05, 4.69) is 51.6 Å². The Hall–Kier alpha value is -4.30. The van der Waals surface area contributed by atoms with Crippen molar-refractivity contribution in [1.82, 2.24) is 24.2 Å². The maximum absolute atomic E-state index is 13.8. The van der Waals surface area contributed by atoms with Crippen LogP contribution in [0.25, 0.3) is 16.9 Å². The number of aryl methyl sites for hydroxylation is 1. The summed E-state index contributed by atoms with van der Waals surface area (Å²) in [5.41, 5.74) is 8.02. The number of carbonyl (C=O) groups is 1. The SMILES string of the molecule is CC(Nc1c(-c2ccc(F)cc2)nc2cnccn12)C(=O)N1CCN(C2C3=C(C=CCC3)CCc3ccccc32)CC1. The highest BCUT2D eigenvalue weighted by Crippen LogP contribution is 2.42. The summed E-state index contributed by atoms with van der Waals surface area (Å²) in [5.74, 6) is 0.449. The zero-order chi connectivity index (χ0) is 28.6. The van der Waals surface area contributed by atoms with Crippen molar-refractivity contribution in [2.45, 2.75) is 44.7 Å². The summed E-state index contributed by atoms with van der Waals surface area (Å²) < 4.78 is 15.5. The number of benzene rings is 2. The van der Waals surface area contributed by atoms with Gasteiger partial charge in [-0.15, -0.1) is 0 Å². The van der Waals surface area contributed by atoms with E-state index in [4.69, 9.17) is 4.98 Å². The summed E-state index contributed by atoms with van der Waals surface area (Å²) in [5, 5.41) is 3.44. The Labute approximate surface area is 245 Å². The molecule has 0 bridgehead atoms. The van der Waals surface area contributed by atoms with Gasteiger partial charge in [0.05, 0.1) is 12.2 Å². The molecule has 1 saturated heterocycles.